The van der Waals surface area contributed by atoms with Crippen LogP contribution in [0.4, 0.5) is 0 Å². The Hall–Kier alpha value is -2.78. The maximum absolute atomic E-state index is 9.58. The number of rotatable bonds is 7. The second-order valence-corrected chi connectivity index (χ2v) is 7.22. The van der Waals surface area contributed by atoms with Crippen molar-refractivity contribution in [2.75, 3.05) is 0 Å². The van der Waals surface area contributed by atoms with Crippen molar-refractivity contribution >= 4 is 0 Å². The van der Waals surface area contributed by atoms with E-state index in [1.54, 1.807) is 12.1 Å². The number of nitrogens with zero attached hydrogens (tertiary/aromatic N) is 2. The molecule has 3 heteroatoms. The van der Waals surface area contributed by atoms with Gasteiger partial charge < -0.3 is 5.11 Å². The molecule has 2 rings (SSSR count). The van der Waals surface area contributed by atoms with Crippen LogP contribution in [0.1, 0.15) is 55.2 Å². The number of nitriles is 2. The molecule has 0 heterocycles. The van der Waals surface area contributed by atoms with Gasteiger partial charge in [0.2, 0.25) is 0 Å². The highest BCUT2D eigenvalue weighted by molar-refractivity contribution is 5.30. The Bertz CT molecular complexity index is 781. The lowest BCUT2D eigenvalue weighted by molar-refractivity contribution is 0.414. The van der Waals surface area contributed by atoms with Crippen LogP contribution in [0, 0.1) is 41.4 Å². The van der Waals surface area contributed by atoms with Crippen LogP contribution >= 0.6 is 0 Å². The van der Waals surface area contributed by atoms with Crippen molar-refractivity contribution in [3.63, 3.8) is 0 Å². The van der Waals surface area contributed by atoms with Crippen molar-refractivity contribution in [2.24, 2.45) is 11.8 Å². The van der Waals surface area contributed by atoms with Crippen LogP contribution in [-0.2, 0) is 0 Å². The van der Waals surface area contributed by atoms with Gasteiger partial charge in [0.1, 0.15) is 5.75 Å². The van der Waals surface area contributed by atoms with Crippen molar-refractivity contribution in [2.45, 2.75) is 45.4 Å². The summed E-state index contributed by atoms with van der Waals surface area (Å²) in [6, 6.07) is 20.3. The molecule has 0 aliphatic carbocycles. The lowest BCUT2D eigenvalue weighted by Gasteiger charge is -2.25. The molecule has 4 atom stereocenters. The Kier molecular flexibility index (Phi) is 6.81. The second kappa shape index (κ2) is 9.07. The molecule has 134 valence electrons. The summed E-state index contributed by atoms with van der Waals surface area (Å²) >= 11 is 0. The van der Waals surface area contributed by atoms with Gasteiger partial charge in [-0.1, -0.05) is 48.9 Å². The minimum absolute atomic E-state index is 0.160. The Balaban J connectivity index is 2.25. The third-order valence-corrected chi connectivity index (χ3v) is 5.16. The molecule has 0 aliphatic heterocycles. The van der Waals surface area contributed by atoms with Crippen molar-refractivity contribution in [3.8, 4) is 17.9 Å². The molecule has 2 aromatic rings. The van der Waals surface area contributed by atoms with E-state index in [0.29, 0.717) is 12.3 Å². The fraction of sp³-hybridized carbons (Fsp3) is 0.391. The normalized spacial score (nSPS) is 15.3. The molecule has 26 heavy (non-hydrogen) atoms. The fourth-order valence-corrected chi connectivity index (χ4v) is 3.34. The van der Waals surface area contributed by atoms with Gasteiger partial charge in [-0.15, -0.1) is 0 Å². The Morgan fingerprint density at radius 2 is 1.42 bits per heavy atom. The Labute approximate surface area is 156 Å². The molecule has 0 bridgehead atoms. The van der Waals surface area contributed by atoms with Gasteiger partial charge in [-0.25, -0.2) is 0 Å². The molecule has 0 saturated carbocycles. The lowest BCUT2D eigenvalue weighted by Crippen LogP contribution is -2.14. The first-order valence-corrected chi connectivity index (χ1v) is 9.09. The first kappa shape index (κ1) is 19.5. The maximum Gasteiger partial charge on any atom is 0.115 e. The van der Waals surface area contributed by atoms with E-state index in [4.69, 9.17) is 0 Å². The third kappa shape index (κ3) is 5.11. The third-order valence-electron chi connectivity index (χ3n) is 5.16. The largest absolute Gasteiger partial charge is 0.508 e. The van der Waals surface area contributed by atoms with Gasteiger partial charge in [-0.05, 0) is 61.8 Å². The summed E-state index contributed by atoms with van der Waals surface area (Å²) in [5, 5.41) is 28.3. The summed E-state index contributed by atoms with van der Waals surface area (Å²) in [5.41, 5.74) is 3.62. The van der Waals surface area contributed by atoms with Gasteiger partial charge in [0.15, 0.2) is 0 Å². The quantitative estimate of drug-likeness (QED) is 0.702. The maximum atomic E-state index is 9.58. The Morgan fingerprint density at radius 3 is 1.96 bits per heavy atom. The number of aryl methyl sites for hydroxylation is 1. The zero-order valence-corrected chi connectivity index (χ0v) is 15.7. The summed E-state index contributed by atoms with van der Waals surface area (Å²) in [6.07, 6.45) is 1.54. The first-order valence-electron chi connectivity index (χ1n) is 9.09. The van der Waals surface area contributed by atoms with Crippen molar-refractivity contribution in [3.05, 3.63) is 65.2 Å². The molecule has 3 nitrogen and oxygen atoms in total. The highest BCUT2D eigenvalue weighted by Gasteiger charge is 2.24. The minimum atomic E-state index is -0.302. The Morgan fingerprint density at radius 1 is 0.846 bits per heavy atom. The topological polar surface area (TPSA) is 67.8 Å². The first-order chi connectivity index (χ1) is 12.4. The standard InChI is InChI=1S/C23H26N2O/c1-16-4-6-19(7-5-16)17(2)12-21(13-22(15-25)18(3)14-24)20-8-10-23(26)11-9-20/h4-11,17-18,21-22,26H,12-13H2,1-3H3. The number of aromatic hydroxyl groups is 1. The zero-order chi connectivity index (χ0) is 19.1. The van der Waals surface area contributed by atoms with Gasteiger partial charge in [0, 0.05) is 0 Å². The fourth-order valence-electron chi connectivity index (χ4n) is 3.34. The van der Waals surface area contributed by atoms with E-state index in [1.807, 2.05) is 19.1 Å². The summed E-state index contributed by atoms with van der Waals surface area (Å²) in [7, 11) is 0. The molecule has 0 aliphatic rings. The summed E-state index contributed by atoms with van der Waals surface area (Å²) in [6.45, 7) is 6.09. The predicted octanol–water partition coefficient (Wildman–Crippen LogP) is 5.67. The molecule has 0 radical (unpaired) electrons. The van der Waals surface area contributed by atoms with Crippen LogP contribution in [0.3, 0.4) is 0 Å². The number of hydrogen-bond acceptors (Lipinski definition) is 3. The summed E-state index contributed by atoms with van der Waals surface area (Å²) in [5.74, 6) is 0.137. The van der Waals surface area contributed by atoms with E-state index in [2.05, 4.69) is 50.3 Å². The summed E-state index contributed by atoms with van der Waals surface area (Å²) < 4.78 is 0. The van der Waals surface area contributed by atoms with Crippen molar-refractivity contribution in [1.29, 1.82) is 10.5 Å². The highest BCUT2D eigenvalue weighted by atomic mass is 16.3. The van der Waals surface area contributed by atoms with E-state index in [0.717, 1.165) is 12.0 Å². The van der Waals surface area contributed by atoms with E-state index in [-0.39, 0.29) is 23.5 Å². The molecule has 0 aromatic heterocycles. The predicted molar refractivity (Wildman–Crippen MR) is 104 cm³/mol. The number of hydrogen-bond donors (Lipinski definition) is 1. The molecule has 4 unspecified atom stereocenters. The zero-order valence-electron chi connectivity index (χ0n) is 15.7. The van der Waals surface area contributed by atoms with Crippen LogP contribution in [-0.4, -0.2) is 5.11 Å². The van der Waals surface area contributed by atoms with Crippen molar-refractivity contribution < 1.29 is 5.11 Å². The molecule has 0 fully saturated rings. The van der Waals surface area contributed by atoms with E-state index >= 15 is 0 Å². The molecule has 1 N–H and O–H groups in total. The molecular formula is C23H26N2O. The van der Waals surface area contributed by atoms with Gasteiger partial charge in [0.25, 0.3) is 0 Å². The lowest BCUT2D eigenvalue weighted by atomic mass is 9.78. The van der Waals surface area contributed by atoms with Gasteiger partial charge >= 0.3 is 0 Å². The van der Waals surface area contributed by atoms with E-state index in [1.165, 1.54) is 11.1 Å². The summed E-state index contributed by atoms with van der Waals surface area (Å²) in [4.78, 5) is 0. The van der Waals surface area contributed by atoms with Crippen molar-refractivity contribution in [1.82, 2.24) is 0 Å². The average Bonchev–Trinajstić information content (AvgIpc) is 2.65. The van der Waals surface area contributed by atoms with Crippen LogP contribution in [0.5, 0.6) is 5.75 Å². The van der Waals surface area contributed by atoms with Crippen LogP contribution < -0.4 is 0 Å². The molecule has 0 spiro atoms. The van der Waals surface area contributed by atoms with Crippen LogP contribution in [0.15, 0.2) is 48.5 Å². The molecule has 0 saturated heterocycles. The van der Waals surface area contributed by atoms with E-state index in [9.17, 15) is 15.6 Å². The molecular weight excluding hydrogens is 320 g/mol. The molecule has 0 amide bonds. The second-order valence-electron chi connectivity index (χ2n) is 7.22. The molecule has 2 aromatic carbocycles. The van der Waals surface area contributed by atoms with Gasteiger partial charge in [0.05, 0.1) is 24.0 Å². The average molecular weight is 346 g/mol. The SMILES string of the molecule is Cc1ccc(C(C)CC(CC(C#N)C(C)C#N)c2ccc(O)cc2)cc1. The highest BCUT2D eigenvalue weighted by Crippen LogP contribution is 2.36. The van der Waals surface area contributed by atoms with Crippen LogP contribution in [0.2, 0.25) is 0 Å². The monoisotopic (exact) mass is 346 g/mol. The number of benzene rings is 2. The van der Waals surface area contributed by atoms with Gasteiger partial charge in [-0.3, -0.25) is 0 Å². The van der Waals surface area contributed by atoms with Crippen LogP contribution in [0.25, 0.3) is 0 Å². The number of phenolic OH excluding ortho intramolecular Hbond substituents is 1. The van der Waals surface area contributed by atoms with Gasteiger partial charge in [-0.2, -0.15) is 10.5 Å². The number of phenols is 1. The minimum Gasteiger partial charge on any atom is -0.508 e. The van der Waals surface area contributed by atoms with E-state index < -0.39 is 0 Å². The smallest absolute Gasteiger partial charge is 0.115 e.